The Morgan fingerprint density at radius 3 is 3.30 bits per heavy atom. The molecule has 2 heterocycles. The Labute approximate surface area is 58.7 Å². The molecule has 0 radical (unpaired) electrons. The summed E-state index contributed by atoms with van der Waals surface area (Å²) in [5.74, 6) is 0. The van der Waals surface area contributed by atoms with E-state index in [2.05, 4.69) is 16.0 Å². The zero-order valence-electron chi connectivity index (χ0n) is 5.58. The normalized spacial score (nSPS) is 38.2. The molecule has 56 valence electrons. The fourth-order valence-corrected chi connectivity index (χ4v) is 1.43. The third-order valence-electron chi connectivity index (χ3n) is 1.99. The van der Waals surface area contributed by atoms with Crippen LogP contribution >= 0.6 is 0 Å². The number of hydrogen-bond acceptors (Lipinski definition) is 4. The lowest BCUT2D eigenvalue weighted by atomic mass is 10.1. The summed E-state index contributed by atoms with van der Waals surface area (Å²) in [7, 11) is 0. The van der Waals surface area contributed by atoms with Crippen LogP contribution in [0.3, 0.4) is 0 Å². The maximum Gasteiger partial charge on any atom is 0.214 e. The summed E-state index contributed by atoms with van der Waals surface area (Å²) in [6.45, 7) is 0.928. The molecule has 0 aromatic heterocycles. The van der Waals surface area contributed by atoms with Crippen molar-refractivity contribution < 1.29 is 4.86 Å². The van der Waals surface area contributed by atoms with Crippen LogP contribution in [-0.4, -0.2) is 23.6 Å². The molecule has 0 aromatic rings. The van der Waals surface area contributed by atoms with Gasteiger partial charge in [0.15, 0.2) is 6.04 Å². The van der Waals surface area contributed by atoms with Crippen LogP contribution < -0.4 is 10.7 Å². The van der Waals surface area contributed by atoms with E-state index >= 15 is 0 Å². The predicted octanol–water partition coefficient (Wildman–Crippen LogP) is -0.455. The molecule has 2 aliphatic heterocycles. The average Bonchev–Trinajstić information content (AvgIpc) is 2.34. The zero-order chi connectivity index (χ0) is 6.97. The van der Waals surface area contributed by atoms with Crippen molar-refractivity contribution in [2.75, 3.05) is 6.54 Å². The molecule has 0 aromatic carbocycles. The Bertz CT molecular complexity index is 169. The van der Waals surface area contributed by atoms with Crippen LogP contribution in [0.1, 0.15) is 12.8 Å². The van der Waals surface area contributed by atoms with Crippen molar-refractivity contribution in [2.24, 2.45) is 5.22 Å². The summed E-state index contributed by atoms with van der Waals surface area (Å²) in [6.07, 6.45) is 2.05. The molecule has 10 heavy (non-hydrogen) atoms. The van der Waals surface area contributed by atoms with Gasteiger partial charge in [0.2, 0.25) is 6.17 Å². The molecule has 0 saturated carbocycles. The van der Waals surface area contributed by atoms with Gasteiger partial charge in [-0.1, -0.05) is 0 Å². The number of rotatable bonds is 0. The SMILES string of the molecule is [O-][N+]1=NNC2CCCNC21. The Balaban J connectivity index is 2.08. The summed E-state index contributed by atoms with van der Waals surface area (Å²) in [6, 6.07) is 0.228. The van der Waals surface area contributed by atoms with Gasteiger partial charge >= 0.3 is 0 Å². The topological polar surface area (TPSA) is 62.5 Å². The molecule has 0 amide bonds. The van der Waals surface area contributed by atoms with Crippen molar-refractivity contribution in [3.8, 4) is 0 Å². The lowest BCUT2D eigenvalue weighted by Crippen LogP contribution is -2.49. The van der Waals surface area contributed by atoms with E-state index in [1.165, 1.54) is 0 Å². The van der Waals surface area contributed by atoms with E-state index in [9.17, 15) is 5.21 Å². The standard InChI is InChI=1S/C5H10N4O/c10-9-5-4(7-8-9)2-1-3-6-5/h4-7H,1-3H2. The van der Waals surface area contributed by atoms with Gasteiger partial charge in [0.25, 0.3) is 0 Å². The third-order valence-corrected chi connectivity index (χ3v) is 1.99. The highest BCUT2D eigenvalue weighted by Crippen LogP contribution is 2.13. The molecule has 1 saturated heterocycles. The van der Waals surface area contributed by atoms with E-state index in [1.54, 1.807) is 0 Å². The molecule has 0 aliphatic carbocycles. The van der Waals surface area contributed by atoms with Gasteiger partial charge in [-0.25, -0.2) is 0 Å². The number of hydroxylamine groups is 1. The first kappa shape index (κ1) is 5.91. The number of nitrogens with one attached hydrogen (secondary N) is 2. The minimum absolute atomic E-state index is 0.117. The highest BCUT2D eigenvalue weighted by Gasteiger charge is 2.36. The minimum Gasteiger partial charge on any atom is -0.694 e. The summed E-state index contributed by atoms with van der Waals surface area (Å²) in [4.78, 5) is 0.712. The van der Waals surface area contributed by atoms with Crippen molar-refractivity contribution in [3.63, 3.8) is 0 Å². The van der Waals surface area contributed by atoms with Crippen molar-refractivity contribution in [3.05, 3.63) is 5.21 Å². The van der Waals surface area contributed by atoms with Crippen molar-refractivity contribution in [1.82, 2.24) is 10.7 Å². The molecular weight excluding hydrogens is 132 g/mol. The van der Waals surface area contributed by atoms with Gasteiger partial charge in [0, 0.05) is 0 Å². The van der Waals surface area contributed by atoms with Crippen molar-refractivity contribution >= 4 is 0 Å². The smallest absolute Gasteiger partial charge is 0.214 e. The van der Waals surface area contributed by atoms with Gasteiger partial charge in [0.1, 0.15) is 0 Å². The van der Waals surface area contributed by atoms with Crippen LogP contribution in [0.5, 0.6) is 0 Å². The summed E-state index contributed by atoms with van der Waals surface area (Å²) in [5.41, 5.74) is 2.78. The molecular formula is C5H10N4O. The highest BCUT2D eigenvalue weighted by atomic mass is 16.5. The Morgan fingerprint density at radius 2 is 2.50 bits per heavy atom. The molecule has 2 aliphatic rings. The van der Waals surface area contributed by atoms with E-state index < -0.39 is 0 Å². The van der Waals surface area contributed by atoms with Gasteiger partial charge in [-0.2, -0.15) is 5.43 Å². The van der Waals surface area contributed by atoms with Gasteiger partial charge in [0.05, 0.1) is 5.22 Å². The fraction of sp³-hybridized carbons (Fsp3) is 1.00. The Kier molecular flexibility index (Phi) is 1.23. The molecule has 2 unspecified atom stereocenters. The van der Waals surface area contributed by atoms with E-state index in [0.29, 0.717) is 4.86 Å². The van der Waals surface area contributed by atoms with Gasteiger partial charge in [-0.15, -0.1) is 4.86 Å². The summed E-state index contributed by atoms with van der Waals surface area (Å²) >= 11 is 0. The lowest BCUT2D eigenvalue weighted by Gasteiger charge is -2.22. The second kappa shape index (κ2) is 2.09. The molecule has 0 bridgehead atoms. The molecule has 2 N–H and O–H groups in total. The van der Waals surface area contributed by atoms with Crippen LogP contribution in [0, 0.1) is 5.21 Å². The van der Waals surface area contributed by atoms with Crippen molar-refractivity contribution in [2.45, 2.75) is 25.0 Å². The van der Waals surface area contributed by atoms with E-state index in [4.69, 9.17) is 0 Å². The molecule has 1 fully saturated rings. The monoisotopic (exact) mass is 142 g/mol. The van der Waals surface area contributed by atoms with Gasteiger partial charge in [-0.3, -0.25) is 5.32 Å². The molecule has 5 nitrogen and oxygen atoms in total. The van der Waals surface area contributed by atoms with E-state index in [-0.39, 0.29) is 12.2 Å². The maximum absolute atomic E-state index is 10.8. The van der Waals surface area contributed by atoms with Crippen LogP contribution in [0.2, 0.25) is 0 Å². The predicted molar refractivity (Wildman–Crippen MR) is 34.0 cm³/mol. The largest absolute Gasteiger partial charge is 0.694 e. The van der Waals surface area contributed by atoms with Crippen molar-refractivity contribution in [1.29, 1.82) is 0 Å². The first-order valence-corrected chi connectivity index (χ1v) is 3.54. The van der Waals surface area contributed by atoms with Crippen LogP contribution in [0.15, 0.2) is 5.22 Å². The second-order valence-corrected chi connectivity index (χ2v) is 2.68. The minimum atomic E-state index is -0.117. The average molecular weight is 142 g/mol. The quantitative estimate of drug-likeness (QED) is 0.355. The number of piperidine rings is 1. The molecule has 5 heteroatoms. The molecule has 0 spiro atoms. The molecule has 2 rings (SSSR count). The zero-order valence-corrected chi connectivity index (χ0v) is 5.58. The first-order valence-electron chi connectivity index (χ1n) is 3.54. The first-order chi connectivity index (χ1) is 4.88. The van der Waals surface area contributed by atoms with Gasteiger partial charge < -0.3 is 5.21 Å². The fourth-order valence-electron chi connectivity index (χ4n) is 1.43. The third kappa shape index (κ3) is 0.740. The Morgan fingerprint density at radius 1 is 1.60 bits per heavy atom. The van der Waals surface area contributed by atoms with Crippen LogP contribution in [0.25, 0.3) is 0 Å². The van der Waals surface area contributed by atoms with Crippen LogP contribution in [0.4, 0.5) is 0 Å². The highest BCUT2D eigenvalue weighted by molar-refractivity contribution is 4.79. The lowest BCUT2D eigenvalue weighted by molar-refractivity contribution is -0.562. The molecule has 2 atom stereocenters. The maximum atomic E-state index is 10.8. The number of fused-ring (bicyclic) bond motifs is 1. The van der Waals surface area contributed by atoms with Gasteiger partial charge in [-0.05, 0) is 19.4 Å². The Hall–Kier alpha value is -0.840. The summed E-state index contributed by atoms with van der Waals surface area (Å²) < 4.78 is 0. The van der Waals surface area contributed by atoms with E-state index in [0.717, 1.165) is 19.4 Å². The van der Waals surface area contributed by atoms with E-state index in [1.807, 2.05) is 0 Å². The van der Waals surface area contributed by atoms with Crippen LogP contribution in [-0.2, 0) is 0 Å². The number of nitrogens with zero attached hydrogens (tertiary/aromatic N) is 2. The summed E-state index contributed by atoms with van der Waals surface area (Å²) in [5, 5.41) is 17.5. The number of hydrogen-bond donors (Lipinski definition) is 2. The second-order valence-electron chi connectivity index (χ2n) is 2.68.